The first-order valence-corrected chi connectivity index (χ1v) is 17.0. The third-order valence-electron chi connectivity index (χ3n) is 7.08. The zero-order valence-corrected chi connectivity index (χ0v) is 30.8. The van der Waals surface area contributed by atoms with Gasteiger partial charge in [0.1, 0.15) is 12.3 Å². The van der Waals surface area contributed by atoms with Crippen molar-refractivity contribution in [2.45, 2.75) is 87.7 Å². The molecule has 2 aromatic heterocycles. The standard InChI is InChI=1S/C30H49N6O12P/c1-17-20(41-14-42-24(37)28(2,3)4)18(48-23(17)36-13-33-19-21(32-11)34-27(31)35-22(19)36)12-45-49(40,46-15-43-25(38)29(5,6)7)47-16-44-26(39)30(8,9)10/h13,17-18,20,23H,12,14-16H2,1-11H3,(H3,31,32,34,35)/t17-,18+,20-,23+/m0/s1. The maximum atomic E-state index is 13.8. The smallest absolute Gasteiger partial charge is 0.438 e. The van der Waals surface area contributed by atoms with E-state index in [-0.39, 0.29) is 5.95 Å². The van der Waals surface area contributed by atoms with Gasteiger partial charge in [0.25, 0.3) is 0 Å². The number of nitrogens with two attached hydrogens (primary N) is 1. The first-order chi connectivity index (χ1) is 22.6. The van der Waals surface area contributed by atoms with Crippen LogP contribution in [0.15, 0.2) is 6.33 Å². The third-order valence-corrected chi connectivity index (χ3v) is 8.39. The van der Waals surface area contributed by atoms with Gasteiger partial charge in [-0.25, -0.2) is 18.6 Å². The van der Waals surface area contributed by atoms with E-state index in [1.54, 1.807) is 73.9 Å². The number of phosphoric acid groups is 1. The minimum atomic E-state index is -4.57. The van der Waals surface area contributed by atoms with Gasteiger partial charge in [-0.05, 0) is 62.3 Å². The van der Waals surface area contributed by atoms with Crippen molar-refractivity contribution in [2.24, 2.45) is 22.2 Å². The molecule has 0 amide bonds. The van der Waals surface area contributed by atoms with E-state index in [1.807, 2.05) is 6.92 Å². The lowest BCUT2D eigenvalue weighted by Gasteiger charge is -2.25. The Bertz CT molecular complexity index is 1490. The van der Waals surface area contributed by atoms with Crippen LogP contribution in [0.4, 0.5) is 11.8 Å². The first kappa shape index (κ1) is 40.0. The molecule has 1 saturated heterocycles. The maximum absolute atomic E-state index is 13.8. The summed E-state index contributed by atoms with van der Waals surface area (Å²) < 4.78 is 59.5. The minimum absolute atomic E-state index is 0.000541. The number of anilines is 2. The summed E-state index contributed by atoms with van der Waals surface area (Å²) >= 11 is 0. The monoisotopic (exact) mass is 716 g/mol. The molecule has 18 nitrogen and oxygen atoms in total. The third kappa shape index (κ3) is 10.5. The number of hydrogen-bond acceptors (Lipinski definition) is 17. The Balaban J connectivity index is 1.86. The average molecular weight is 717 g/mol. The van der Waals surface area contributed by atoms with Crippen LogP contribution >= 0.6 is 7.82 Å². The van der Waals surface area contributed by atoms with E-state index >= 15 is 0 Å². The highest BCUT2D eigenvalue weighted by Crippen LogP contribution is 2.51. The predicted molar refractivity (Wildman–Crippen MR) is 174 cm³/mol. The van der Waals surface area contributed by atoms with Gasteiger partial charge in [0, 0.05) is 13.0 Å². The molecule has 4 atom stereocenters. The van der Waals surface area contributed by atoms with Crippen LogP contribution in [0.25, 0.3) is 11.2 Å². The molecular weight excluding hydrogens is 667 g/mol. The van der Waals surface area contributed by atoms with E-state index in [2.05, 4.69) is 20.3 Å². The molecule has 0 unspecified atom stereocenters. The van der Waals surface area contributed by atoms with Crippen LogP contribution < -0.4 is 11.1 Å². The molecule has 0 aliphatic carbocycles. The van der Waals surface area contributed by atoms with Gasteiger partial charge in [-0.1, -0.05) is 6.92 Å². The molecule has 19 heteroatoms. The number of nitrogens with one attached hydrogen (secondary N) is 1. The lowest BCUT2D eigenvalue weighted by atomic mass is 9.97. The van der Waals surface area contributed by atoms with Crippen LogP contribution in [-0.4, -0.2) is 83.7 Å². The van der Waals surface area contributed by atoms with Crippen LogP contribution in [0.2, 0.25) is 0 Å². The molecule has 49 heavy (non-hydrogen) atoms. The highest BCUT2D eigenvalue weighted by molar-refractivity contribution is 7.48. The summed E-state index contributed by atoms with van der Waals surface area (Å²) in [5.41, 5.74) is 4.23. The number of phosphoric ester groups is 1. The Labute approximate surface area is 285 Å². The van der Waals surface area contributed by atoms with Gasteiger partial charge in [-0.2, -0.15) is 9.97 Å². The fourth-order valence-electron chi connectivity index (χ4n) is 4.27. The molecule has 0 spiro atoms. The molecule has 1 aliphatic rings. The van der Waals surface area contributed by atoms with Gasteiger partial charge in [-0.15, -0.1) is 0 Å². The summed E-state index contributed by atoms with van der Waals surface area (Å²) in [6.07, 6.45) is -1.06. The molecule has 1 aliphatic heterocycles. The maximum Gasteiger partial charge on any atom is 0.480 e. The summed E-state index contributed by atoms with van der Waals surface area (Å²) in [4.78, 5) is 49.9. The molecular formula is C30H49N6O12P. The molecule has 0 bridgehead atoms. The summed E-state index contributed by atoms with van der Waals surface area (Å²) in [5.74, 6) is -1.81. The first-order valence-electron chi connectivity index (χ1n) is 15.6. The number of fused-ring (bicyclic) bond motifs is 1. The molecule has 3 rings (SSSR count). The fraction of sp³-hybridized carbons (Fsp3) is 0.733. The van der Waals surface area contributed by atoms with Crippen LogP contribution in [0, 0.1) is 22.2 Å². The summed E-state index contributed by atoms with van der Waals surface area (Å²) in [5, 5.41) is 2.93. The fourth-order valence-corrected chi connectivity index (χ4v) is 5.19. The Hall–Kier alpha value is -3.41. The van der Waals surface area contributed by atoms with Crippen LogP contribution in [0.3, 0.4) is 0 Å². The van der Waals surface area contributed by atoms with E-state index in [0.29, 0.717) is 17.0 Å². The largest absolute Gasteiger partial charge is 0.480 e. The number of imidazole rings is 1. The zero-order valence-electron chi connectivity index (χ0n) is 29.9. The van der Waals surface area contributed by atoms with Gasteiger partial charge >= 0.3 is 25.7 Å². The lowest BCUT2D eigenvalue weighted by Crippen LogP contribution is -2.34. The molecule has 3 N–H and O–H groups in total. The molecule has 0 radical (unpaired) electrons. The summed E-state index contributed by atoms with van der Waals surface area (Å²) in [6.45, 7) is 14.3. The predicted octanol–water partition coefficient (Wildman–Crippen LogP) is 4.17. The molecule has 1 fully saturated rings. The number of esters is 3. The average Bonchev–Trinajstić information content (AvgIpc) is 3.54. The number of aromatic nitrogens is 4. The van der Waals surface area contributed by atoms with E-state index in [1.165, 1.54) is 6.33 Å². The van der Waals surface area contributed by atoms with E-state index in [9.17, 15) is 18.9 Å². The lowest BCUT2D eigenvalue weighted by molar-refractivity contribution is -0.174. The minimum Gasteiger partial charge on any atom is -0.438 e. The molecule has 2 aromatic rings. The second kappa shape index (κ2) is 15.6. The van der Waals surface area contributed by atoms with Crippen molar-refractivity contribution in [1.82, 2.24) is 19.5 Å². The summed E-state index contributed by atoms with van der Waals surface area (Å²) in [6, 6.07) is 0. The van der Waals surface area contributed by atoms with Gasteiger partial charge in [0.15, 0.2) is 23.8 Å². The zero-order chi connectivity index (χ0) is 36.9. The molecule has 0 saturated carbocycles. The Kier molecular flexibility index (Phi) is 12.8. The van der Waals surface area contributed by atoms with Crippen LogP contribution in [0.1, 0.15) is 75.5 Å². The van der Waals surface area contributed by atoms with E-state index in [4.69, 9.17) is 43.0 Å². The van der Waals surface area contributed by atoms with Crippen molar-refractivity contribution in [2.75, 3.05) is 45.1 Å². The molecule has 276 valence electrons. The summed E-state index contributed by atoms with van der Waals surface area (Å²) in [7, 11) is -2.91. The van der Waals surface area contributed by atoms with Crippen molar-refractivity contribution in [3.8, 4) is 0 Å². The topological polar surface area (TPSA) is 224 Å². The number of ether oxygens (including phenoxy) is 5. The number of rotatable bonds is 14. The molecule has 3 heterocycles. The second-order valence-electron chi connectivity index (χ2n) is 14.5. The number of carbonyl (C=O) groups excluding carboxylic acids is 3. The van der Waals surface area contributed by atoms with Crippen LogP contribution in [0.5, 0.6) is 0 Å². The number of hydrogen-bond donors (Lipinski definition) is 2. The van der Waals surface area contributed by atoms with Gasteiger partial charge in [-0.3, -0.25) is 23.5 Å². The van der Waals surface area contributed by atoms with Crippen molar-refractivity contribution in [3.63, 3.8) is 0 Å². The Morgan fingerprint density at radius 1 is 0.878 bits per heavy atom. The quantitative estimate of drug-likeness (QED) is 0.121. The normalized spacial score (nSPS) is 20.3. The Morgan fingerprint density at radius 2 is 1.39 bits per heavy atom. The highest BCUT2D eigenvalue weighted by Gasteiger charge is 2.46. The van der Waals surface area contributed by atoms with Crippen molar-refractivity contribution < 1.29 is 56.2 Å². The van der Waals surface area contributed by atoms with E-state index in [0.717, 1.165) is 0 Å². The van der Waals surface area contributed by atoms with Gasteiger partial charge in [0.05, 0.1) is 35.3 Å². The number of nitrogens with zero attached hydrogens (tertiary/aromatic N) is 4. The second-order valence-corrected chi connectivity index (χ2v) is 16.1. The highest BCUT2D eigenvalue weighted by atomic mass is 31.2. The van der Waals surface area contributed by atoms with Crippen molar-refractivity contribution >= 4 is 48.7 Å². The van der Waals surface area contributed by atoms with Gasteiger partial charge < -0.3 is 34.7 Å². The number of carbonyl (C=O) groups is 3. The molecule has 0 aromatic carbocycles. The Morgan fingerprint density at radius 3 is 1.88 bits per heavy atom. The van der Waals surface area contributed by atoms with Crippen molar-refractivity contribution in [3.05, 3.63) is 6.33 Å². The van der Waals surface area contributed by atoms with Gasteiger partial charge in [0.2, 0.25) is 19.5 Å². The number of nitrogen functional groups attached to an aromatic ring is 1. The van der Waals surface area contributed by atoms with E-state index < -0.39 is 93.3 Å². The van der Waals surface area contributed by atoms with Crippen molar-refractivity contribution in [1.29, 1.82) is 0 Å². The SMILES string of the molecule is CNc1nc(N)nc2c1ncn2[C@@H]1O[C@H](COP(=O)(OCOC(=O)C(C)(C)C)OCOC(=O)C(C)(C)C)[C@@H](OCOC(=O)C(C)(C)C)[C@@H]1C. The van der Waals surface area contributed by atoms with Crippen LogP contribution in [-0.2, 0) is 56.2 Å².